The lowest BCUT2D eigenvalue weighted by molar-refractivity contribution is 0.0354. The van der Waals surface area contributed by atoms with E-state index in [4.69, 9.17) is 16.3 Å². The summed E-state index contributed by atoms with van der Waals surface area (Å²) < 4.78 is 5.18. The van der Waals surface area contributed by atoms with Crippen molar-refractivity contribution in [1.82, 2.24) is 0 Å². The summed E-state index contributed by atoms with van der Waals surface area (Å²) in [5.74, 6) is -0.0620. The molecule has 1 aromatic rings. The van der Waals surface area contributed by atoms with E-state index in [-0.39, 0.29) is 18.0 Å². The molecular formula is C12H13ClO2. The zero-order chi connectivity index (χ0) is 11.1. The number of carbonyl (C=O) groups is 1. The summed E-state index contributed by atoms with van der Waals surface area (Å²) in [5.41, 5.74) is 0.539. The van der Waals surface area contributed by atoms with E-state index in [0.29, 0.717) is 12.0 Å². The van der Waals surface area contributed by atoms with Crippen LogP contribution >= 0.6 is 11.6 Å². The standard InChI is InChI=1S/C12H13ClO2/c1-2-6-11(9-13)15-12(14)10-7-4-3-5-8-10/h2-5,7-8,11H,1,6,9H2/t11-/m0/s1. The predicted molar refractivity (Wildman–Crippen MR) is 61.2 cm³/mol. The first-order valence-electron chi connectivity index (χ1n) is 4.70. The number of alkyl halides is 1. The monoisotopic (exact) mass is 224 g/mol. The quantitative estimate of drug-likeness (QED) is 0.437. The van der Waals surface area contributed by atoms with E-state index in [1.807, 2.05) is 6.07 Å². The van der Waals surface area contributed by atoms with Gasteiger partial charge in [0.25, 0.3) is 0 Å². The van der Waals surface area contributed by atoms with Gasteiger partial charge in [0, 0.05) is 6.42 Å². The molecule has 2 nitrogen and oxygen atoms in total. The Hall–Kier alpha value is -1.28. The van der Waals surface area contributed by atoms with Crippen LogP contribution in [0.4, 0.5) is 0 Å². The summed E-state index contributed by atoms with van der Waals surface area (Å²) >= 11 is 5.65. The van der Waals surface area contributed by atoms with Crippen molar-refractivity contribution < 1.29 is 9.53 Å². The smallest absolute Gasteiger partial charge is 0.338 e. The lowest BCUT2D eigenvalue weighted by atomic mass is 10.2. The summed E-state index contributed by atoms with van der Waals surface area (Å²) in [5, 5.41) is 0. The van der Waals surface area contributed by atoms with Crippen LogP contribution in [-0.4, -0.2) is 18.0 Å². The summed E-state index contributed by atoms with van der Waals surface area (Å²) in [4.78, 5) is 11.6. The molecule has 0 amide bonds. The van der Waals surface area contributed by atoms with Gasteiger partial charge >= 0.3 is 5.97 Å². The molecule has 15 heavy (non-hydrogen) atoms. The Bertz CT molecular complexity index is 322. The Labute approximate surface area is 94.5 Å². The van der Waals surface area contributed by atoms with Crippen molar-refractivity contribution in [2.24, 2.45) is 0 Å². The lowest BCUT2D eigenvalue weighted by Gasteiger charge is -2.12. The van der Waals surface area contributed by atoms with Crippen molar-refractivity contribution in [3.8, 4) is 0 Å². The number of carbonyl (C=O) groups excluding carboxylic acids is 1. The van der Waals surface area contributed by atoms with Gasteiger partial charge in [-0.1, -0.05) is 24.3 Å². The molecule has 0 heterocycles. The van der Waals surface area contributed by atoms with Gasteiger partial charge in [-0.3, -0.25) is 0 Å². The number of esters is 1. The normalized spacial score (nSPS) is 11.8. The molecule has 1 atom stereocenters. The van der Waals surface area contributed by atoms with Crippen LogP contribution in [0.15, 0.2) is 43.0 Å². The van der Waals surface area contributed by atoms with Gasteiger partial charge in [-0.05, 0) is 12.1 Å². The maximum Gasteiger partial charge on any atom is 0.338 e. The molecule has 1 aromatic carbocycles. The molecule has 0 spiro atoms. The second-order valence-electron chi connectivity index (χ2n) is 3.07. The average Bonchev–Trinajstić information content (AvgIpc) is 2.29. The van der Waals surface area contributed by atoms with E-state index in [9.17, 15) is 4.79 Å². The number of halogens is 1. The minimum absolute atomic E-state index is 0.282. The van der Waals surface area contributed by atoms with Crippen molar-refractivity contribution in [2.45, 2.75) is 12.5 Å². The van der Waals surface area contributed by atoms with Crippen LogP contribution in [0.5, 0.6) is 0 Å². The number of hydrogen-bond acceptors (Lipinski definition) is 2. The first-order valence-corrected chi connectivity index (χ1v) is 5.24. The molecule has 0 unspecified atom stereocenters. The van der Waals surface area contributed by atoms with Gasteiger partial charge in [0.05, 0.1) is 11.4 Å². The zero-order valence-electron chi connectivity index (χ0n) is 8.36. The Morgan fingerprint density at radius 3 is 2.67 bits per heavy atom. The van der Waals surface area contributed by atoms with Crippen molar-refractivity contribution in [3.63, 3.8) is 0 Å². The summed E-state index contributed by atoms with van der Waals surface area (Å²) in [7, 11) is 0. The molecule has 3 heteroatoms. The molecule has 0 aliphatic heterocycles. The van der Waals surface area contributed by atoms with Crippen LogP contribution in [-0.2, 0) is 4.74 Å². The van der Waals surface area contributed by atoms with Gasteiger partial charge in [-0.25, -0.2) is 4.79 Å². The molecular weight excluding hydrogens is 212 g/mol. The summed E-state index contributed by atoms with van der Waals surface area (Å²) in [6.07, 6.45) is 1.96. The molecule has 0 aliphatic carbocycles. The zero-order valence-corrected chi connectivity index (χ0v) is 9.11. The van der Waals surface area contributed by atoms with Gasteiger partial charge < -0.3 is 4.74 Å². The first-order chi connectivity index (χ1) is 7.27. The molecule has 0 fully saturated rings. The Kier molecular flexibility index (Phi) is 4.91. The van der Waals surface area contributed by atoms with Crippen LogP contribution in [0.3, 0.4) is 0 Å². The first kappa shape index (κ1) is 11.8. The fourth-order valence-electron chi connectivity index (χ4n) is 1.12. The van der Waals surface area contributed by atoms with E-state index in [2.05, 4.69) is 6.58 Å². The molecule has 1 rings (SSSR count). The minimum atomic E-state index is -0.344. The molecule has 80 valence electrons. The maximum atomic E-state index is 11.6. The van der Waals surface area contributed by atoms with Crippen LogP contribution in [0.1, 0.15) is 16.8 Å². The summed E-state index contributed by atoms with van der Waals surface area (Å²) in [6.45, 7) is 3.58. The third kappa shape index (κ3) is 3.76. The molecule has 0 saturated heterocycles. The topological polar surface area (TPSA) is 26.3 Å². The molecule has 0 saturated carbocycles. The molecule has 0 radical (unpaired) electrons. The lowest BCUT2D eigenvalue weighted by Crippen LogP contribution is -2.19. The SMILES string of the molecule is C=CC[C@@H](CCl)OC(=O)c1ccccc1. The van der Waals surface area contributed by atoms with Gasteiger partial charge in [0.15, 0.2) is 0 Å². The molecule has 0 N–H and O–H groups in total. The average molecular weight is 225 g/mol. The highest BCUT2D eigenvalue weighted by Crippen LogP contribution is 2.07. The number of benzene rings is 1. The van der Waals surface area contributed by atoms with E-state index >= 15 is 0 Å². The summed E-state index contributed by atoms with van der Waals surface area (Å²) in [6, 6.07) is 8.85. The van der Waals surface area contributed by atoms with Crippen LogP contribution in [0.2, 0.25) is 0 Å². The van der Waals surface area contributed by atoms with Gasteiger partial charge in [0.1, 0.15) is 6.10 Å². The van der Waals surface area contributed by atoms with E-state index < -0.39 is 0 Å². The largest absolute Gasteiger partial charge is 0.457 e. The fraction of sp³-hybridized carbons (Fsp3) is 0.250. The van der Waals surface area contributed by atoms with Crippen molar-refractivity contribution in [1.29, 1.82) is 0 Å². The number of ether oxygens (including phenoxy) is 1. The van der Waals surface area contributed by atoms with E-state index in [0.717, 1.165) is 0 Å². The van der Waals surface area contributed by atoms with Gasteiger partial charge in [-0.2, -0.15) is 0 Å². The van der Waals surface area contributed by atoms with Gasteiger partial charge in [0.2, 0.25) is 0 Å². The van der Waals surface area contributed by atoms with Crippen molar-refractivity contribution in [3.05, 3.63) is 48.6 Å². The van der Waals surface area contributed by atoms with Crippen molar-refractivity contribution >= 4 is 17.6 Å². The third-order valence-corrected chi connectivity index (χ3v) is 2.23. The number of hydrogen-bond donors (Lipinski definition) is 0. The molecule has 0 bridgehead atoms. The minimum Gasteiger partial charge on any atom is -0.457 e. The van der Waals surface area contributed by atoms with E-state index in [1.165, 1.54) is 0 Å². The molecule has 0 aliphatic rings. The van der Waals surface area contributed by atoms with Crippen LogP contribution in [0, 0.1) is 0 Å². The fourth-order valence-corrected chi connectivity index (χ4v) is 1.31. The van der Waals surface area contributed by atoms with Crippen LogP contribution in [0.25, 0.3) is 0 Å². The highest BCUT2D eigenvalue weighted by molar-refractivity contribution is 6.18. The Morgan fingerprint density at radius 2 is 2.13 bits per heavy atom. The second kappa shape index (κ2) is 6.25. The van der Waals surface area contributed by atoms with Crippen LogP contribution < -0.4 is 0 Å². The maximum absolute atomic E-state index is 11.6. The Balaban J connectivity index is 2.58. The highest BCUT2D eigenvalue weighted by Gasteiger charge is 2.13. The highest BCUT2D eigenvalue weighted by atomic mass is 35.5. The van der Waals surface area contributed by atoms with Crippen molar-refractivity contribution in [2.75, 3.05) is 5.88 Å². The Morgan fingerprint density at radius 1 is 1.47 bits per heavy atom. The molecule has 0 aromatic heterocycles. The third-order valence-electron chi connectivity index (χ3n) is 1.88. The second-order valence-corrected chi connectivity index (χ2v) is 3.38. The van der Waals surface area contributed by atoms with E-state index in [1.54, 1.807) is 30.3 Å². The predicted octanol–water partition coefficient (Wildman–Crippen LogP) is 3.03. The van der Waals surface area contributed by atoms with Gasteiger partial charge in [-0.15, -0.1) is 18.2 Å². The number of rotatable bonds is 5.